The smallest absolute Gasteiger partial charge is 0.123 e. The van der Waals surface area contributed by atoms with E-state index in [1.807, 2.05) is 29.1 Å². The standard InChI is InChI=1S/C24H23FN2OS/c1-23-14-17-15-26-27(20-9-7-19(25)8-10-20)22(17)13-18(23)11-12-24(23,28)16-29-21-5-3-2-4-6-21/h2-10,13,15,28H,11-12,14,16H2,1H3. The third kappa shape index (κ3) is 3.04. The summed E-state index contributed by atoms with van der Waals surface area (Å²) < 4.78 is 15.2. The Labute approximate surface area is 174 Å². The summed E-state index contributed by atoms with van der Waals surface area (Å²) in [6.45, 7) is 2.19. The minimum Gasteiger partial charge on any atom is -0.388 e. The predicted octanol–water partition coefficient (Wildman–Crippen LogP) is 5.27. The molecule has 2 aromatic carbocycles. The zero-order valence-corrected chi connectivity index (χ0v) is 17.1. The van der Waals surface area contributed by atoms with Crippen molar-refractivity contribution in [2.24, 2.45) is 5.41 Å². The number of aromatic nitrogens is 2. The summed E-state index contributed by atoms with van der Waals surface area (Å²) in [4.78, 5) is 1.18. The van der Waals surface area contributed by atoms with E-state index in [1.165, 1.54) is 22.6 Å². The molecule has 2 aliphatic carbocycles. The van der Waals surface area contributed by atoms with Crippen LogP contribution in [0.2, 0.25) is 0 Å². The molecule has 0 amide bonds. The fourth-order valence-electron chi connectivity index (χ4n) is 4.67. The van der Waals surface area contributed by atoms with Crippen molar-refractivity contribution in [3.05, 3.63) is 83.4 Å². The summed E-state index contributed by atoms with van der Waals surface area (Å²) in [5, 5.41) is 16.2. The second-order valence-corrected chi connectivity index (χ2v) is 9.30. The number of rotatable bonds is 4. The van der Waals surface area contributed by atoms with Gasteiger partial charge in [-0.2, -0.15) is 5.10 Å². The van der Waals surface area contributed by atoms with Crippen LogP contribution in [0, 0.1) is 11.2 Å². The monoisotopic (exact) mass is 406 g/mol. The maximum absolute atomic E-state index is 13.3. The lowest BCUT2D eigenvalue weighted by molar-refractivity contribution is -0.0173. The van der Waals surface area contributed by atoms with E-state index in [2.05, 4.69) is 30.2 Å². The largest absolute Gasteiger partial charge is 0.388 e. The number of fused-ring (bicyclic) bond motifs is 2. The quantitative estimate of drug-likeness (QED) is 0.600. The van der Waals surface area contributed by atoms with Crippen LogP contribution in [-0.2, 0) is 6.42 Å². The molecule has 2 aliphatic rings. The van der Waals surface area contributed by atoms with Gasteiger partial charge in [0.05, 0.1) is 23.2 Å². The molecule has 2 atom stereocenters. The zero-order chi connectivity index (χ0) is 20.1. The lowest BCUT2D eigenvalue weighted by Gasteiger charge is -2.42. The molecule has 5 heteroatoms. The van der Waals surface area contributed by atoms with E-state index in [9.17, 15) is 9.50 Å². The third-order valence-electron chi connectivity index (χ3n) is 6.58. The van der Waals surface area contributed by atoms with E-state index in [0.29, 0.717) is 5.75 Å². The van der Waals surface area contributed by atoms with Crippen LogP contribution >= 0.6 is 11.8 Å². The van der Waals surface area contributed by atoms with Gasteiger partial charge in [0.25, 0.3) is 0 Å². The van der Waals surface area contributed by atoms with Crippen LogP contribution in [0.5, 0.6) is 0 Å². The number of nitrogens with zero attached hydrogens (tertiary/aromatic N) is 2. The average Bonchev–Trinajstić information content (AvgIpc) is 3.24. The van der Waals surface area contributed by atoms with Crippen molar-refractivity contribution in [3.63, 3.8) is 0 Å². The van der Waals surface area contributed by atoms with Crippen molar-refractivity contribution < 1.29 is 9.50 Å². The fourth-order valence-corrected chi connectivity index (χ4v) is 5.89. The van der Waals surface area contributed by atoms with Crippen molar-refractivity contribution in [1.29, 1.82) is 0 Å². The van der Waals surface area contributed by atoms with Crippen molar-refractivity contribution in [2.45, 2.75) is 36.7 Å². The van der Waals surface area contributed by atoms with E-state index >= 15 is 0 Å². The summed E-state index contributed by atoms with van der Waals surface area (Å²) in [6, 6.07) is 16.7. The molecule has 1 fully saturated rings. The van der Waals surface area contributed by atoms with E-state index in [4.69, 9.17) is 0 Å². The van der Waals surface area contributed by atoms with Crippen molar-refractivity contribution in [2.75, 3.05) is 5.75 Å². The van der Waals surface area contributed by atoms with Gasteiger partial charge in [-0.05, 0) is 67.3 Å². The molecule has 5 rings (SSSR count). The maximum atomic E-state index is 13.3. The van der Waals surface area contributed by atoms with Gasteiger partial charge in [-0.3, -0.25) is 0 Å². The lowest BCUT2D eigenvalue weighted by Crippen LogP contribution is -2.47. The van der Waals surface area contributed by atoms with Crippen LogP contribution < -0.4 is 0 Å². The molecule has 0 spiro atoms. The van der Waals surface area contributed by atoms with Crippen molar-refractivity contribution >= 4 is 17.8 Å². The summed E-state index contributed by atoms with van der Waals surface area (Å²) in [5.74, 6) is 0.421. The highest BCUT2D eigenvalue weighted by Crippen LogP contribution is 2.56. The van der Waals surface area contributed by atoms with E-state index < -0.39 is 5.60 Å². The Balaban J connectivity index is 1.45. The number of halogens is 1. The highest BCUT2D eigenvalue weighted by Gasteiger charge is 2.55. The molecule has 0 saturated heterocycles. The molecule has 3 aromatic rings. The van der Waals surface area contributed by atoms with Gasteiger partial charge < -0.3 is 5.11 Å². The Morgan fingerprint density at radius 3 is 2.66 bits per heavy atom. The molecule has 148 valence electrons. The topological polar surface area (TPSA) is 38.0 Å². The number of benzene rings is 2. The second-order valence-electron chi connectivity index (χ2n) is 8.26. The molecule has 1 aromatic heterocycles. The van der Waals surface area contributed by atoms with Crippen LogP contribution in [-0.4, -0.2) is 26.2 Å². The Hall–Kier alpha value is -2.37. The normalized spacial score (nSPS) is 25.4. The molecule has 1 heterocycles. The molecule has 3 nitrogen and oxygen atoms in total. The fraction of sp³-hybridized carbons (Fsp3) is 0.292. The minimum atomic E-state index is -0.755. The highest BCUT2D eigenvalue weighted by atomic mass is 32.2. The molecule has 0 aliphatic heterocycles. The summed E-state index contributed by atoms with van der Waals surface area (Å²) >= 11 is 1.72. The number of thioether (sulfide) groups is 1. The van der Waals surface area contributed by atoms with Crippen LogP contribution in [0.1, 0.15) is 31.0 Å². The molecule has 2 unspecified atom stereocenters. The van der Waals surface area contributed by atoms with Crippen LogP contribution in [0.4, 0.5) is 4.39 Å². The molecular weight excluding hydrogens is 383 g/mol. The van der Waals surface area contributed by atoms with E-state index in [1.54, 1.807) is 23.9 Å². The van der Waals surface area contributed by atoms with Crippen LogP contribution in [0.25, 0.3) is 11.8 Å². The lowest BCUT2D eigenvalue weighted by atomic mass is 9.68. The summed E-state index contributed by atoms with van der Waals surface area (Å²) in [6.07, 6.45) is 6.50. The Kier molecular flexibility index (Phi) is 4.41. The Morgan fingerprint density at radius 2 is 1.90 bits per heavy atom. The SMILES string of the molecule is CC12Cc3cnn(-c4ccc(F)cc4)c3C=C1CCC2(O)CSc1ccccc1. The van der Waals surface area contributed by atoms with Gasteiger partial charge in [0.1, 0.15) is 5.82 Å². The minimum absolute atomic E-state index is 0.252. The Morgan fingerprint density at radius 1 is 1.14 bits per heavy atom. The number of hydrogen-bond donors (Lipinski definition) is 1. The zero-order valence-electron chi connectivity index (χ0n) is 16.3. The van der Waals surface area contributed by atoms with Crippen LogP contribution in [0.3, 0.4) is 0 Å². The summed E-state index contributed by atoms with van der Waals surface area (Å²) in [5.41, 5.74) is 3.26. The van der Waals surface area contributed by atoms with E-state index in [0.717, 1.165) is 36.2 Å². The molecule has 0 radical (unpaired) electrons. The van der Waals surface area contributed by atoms with E-state index in [-0.39, 0.29) is 11.2 Å². The Bertz CT molecular complexity index is 1080. The van der Waals surface area contributed by atoms with Gasteiger partial charge in [0, 0.05) is 16.1 Å². The predicted molar refractivity (Wildman–Crippen MR) is 115 cm³/mol. The second kappa shape index (κ2) is 6.85. The van der Waals surface area contributed by atoms with Gasteiger partial charge in [0.15, 0.2) is 0 Å². The first kappa shape index (κ1) is 18.6. The summed E-state index contributed by atoms with van der Waals surface area (Å²) in [7, 11) is 0. The van der Waals surface area contributed by atoms with Crippen molar-refractivity contribution in [1.82, 2.24) is 9.78 Å². The van der Waals surface area contributed by atoms with Gasteiger partial charge in [-0.1, -0.05) is 30.7 Å². The van der Waals surface area contributed by atoms with Crippen LogP contribution in [0.15, 0.2) is 71.3 Å². The molecular formula is C24H23FN2OS. The maximum Gasteiger partial charge on any atom is 0.123 e. The van der Waals surface area contributed by atoms with Gasteiger partial charge >= 0.3 is 0 Å². The first-order chi connectivity index (χ1) is 14.0. The molecule has 0 bridgehead atoms. The number of aliphatic hydroxyl groups is 1. The average molecular weight is 407 g/mol. The number of hydrogen-bond acceptors (Lipinski definition) is 3. The molecule has 29 heavy (non-hydrogen) atoms. The molecule has 1 saturated carbocycles. The highest BCUT2D eigenvalue weighted by molar-refractivity contribution is 7.99. The van der Waals surface area contributed by atoms with Gasteiger partial charge in [-0.15, -0.1) is 11.8 Å². The first-order valence-electron chi connectivity index (χ1n) is 9.93. The first-order valence-corrected chi connectivity index (χ1v) is 10.9. The molecule has 1 N–H and O–H groups in total. The third-order valence-corrected chi connectivity index (χ3v) is 7.80. The van der Waals surface area contributed by atoms with Gasteiger partial charge in [-0.25, -0.2) is 9.07 Å². The van der Waals surface area contributed by atoms with Gasteiger partial charge in [0.2, 0.25) is 0 Å². The van der Waals surface area contributed by atoms with Crippen molar-refractivity contribution in [3.8, 4) is 5.69 Å².